The predicted molar refractivity (Wildman–Crippen MR) is 99.2 cm³/mol. The Bertz CT molecular complexity index is 629. The summed E-state index contributed by atoms with van der Waals surface area (Å²) in [6.45, 7) is 8.75. The van der Waals surface area contributed by atoms with E-state index >= 15 is 0 Å². The molecule has 0 saturated carbocycles. The molecule has 0 unspecified atom stereocenters. The molecule has 3 nitrogen and oxygen atoms in total. The Morgan fingerprint density at radius 2 is 1.92 bits per heavy atom. The van der Waals surface area contributed by atoms with E-state index in [1.54, 1.807) is 7.11 Å². The van der Waals surface area contributed by atoms with Crippen LogP contribution in [0.3, 0.4) is 0 Å². The maximum absolute atomic E-state index is 12.2. The fourth-order valence-corrected chi connectivity index (χ4v) is 5.56. The molecule has 0 N–H and O–H groups in total. The number of allylic oxidation sites excluding steroid dienone is 4. The highest BCUT2D eigenvalue weighted by Gasteiger charge is 2.46. The molecule has 3 rings (SSSR count). The summed E-state index contributed by atoms with van der Waals surface area (Å²) in [5, 5.41) is 0.454. The molecule has 0 aromatic carbocycles. The number of Topliss-reactive ketones (excluding diaryl/α,β-unsaturated/α-hetero) is 1. The van der Waals surface area contributed by atoms with Gasteiger partial charge in [0.15, 0.2) is 5.78 Å². The quantitative estimate of drug-likeness (QED) is 0.538. The molecule has 0 bridgehead atoms. The van der Waals surface area contributed by atoms with Gasteiger partial charge in [-0.2, -0.15) is 0 Å². The van der Waals surface area contributed by atoms with E-state index in [1.165, 1.54) is 0 Å². The van der Waals surface area contributed by atoms with E-state index in [0.717, 1.165) is 17.8 Å². The van der Waals surface area contributed by atoms with Crippen molar-refractivity contribution in [1.82, 2.24) is 0 Å². The molecule has 24 heavy (non-hydrogen) atoms. The van der Waals surface area contributed by atoms with Crippen LogP contribution in [0.15, 0.2) is 34.6 Å². The van der Waals surface area contributed by atoms with Crippen molar-refractivity contribution in [3.63, 3.8) is 0 Å². The van der Waals surface area contributed by atoms with Gasteiger partial charge >= 0.3 is 0 Å². The van der Waals surface area contributed by atoms with Gasteiger partial charge in [-0.3, -0.25) is 4.79 Å². The van der Waals surface area contributed by atoms with Crippen molar-refractivity contribution in [1.29, 1.82) is 0 Å². The monoisotopic (exact) mass is 366 g/mol. The lowest BCUT2D eigenvalue weighted by Gasteiger charge is -2.38. The van der Waals surface area contributed by atoms with Gasteiger partial charge in [0.1, 0.15) is 0 Å². The number of ether oxygens (including phenoxy) is 1. The minimum atomic E-state index is -1.66. The number of ketones is 1. The highest BCUT2D eigenvalue weighted by Crippen LogP contribution is 2.50. The van der Waals surface area contributed by atoms with E-state index in [9.17, 15) is 4.79 Å². The number of methoxy groups -OCH3 is 1. The van der Waals surface area contributed by atoms with Crippen molar-refractivity contribution < 1.29 is 14.0 Å². The van der Waals surface area contributed by atoms with Gasteiger partial charge in [0, 0.05) is 25.9 Å². The number of hydrogen-bond acceptors (Lipinski definition) is 3. The third kappa shape index (κ3) is 3.28. The van der Waals surface area contributed by atoms with Crippen molar-refractivity contribution >= 4 is 25.7 Å². The van der Waals surface area contributed by atoms with Gasteiger partial charge in [-0.15, -0.1) is 0 Å². The molecule has 132 valence electrons. The molecule has 0 heterocycles. The number of halogens is 1. The second-order valence-corrected chi connectivity index (χ2v) is 13.0. The molecule has 0 radical (unpaired) electrons. The van der Waals surface area contributed by atoms with E-state index in [0.29, 0.717) is 17.4 Å². The molecule has 0 aliphatic heterocycles. The molecule has 5 heteroatoms. The molecule has 0 amide bonds. The second kappa shape index (κ2) is 6.47. The normalized spacial score (nSPS) is 36.2. The first-order valence-electron chi connectivity index (χ1n) is 8.75. The zero-order valence-corrected chi connectivity index (χ0v) is 16.9. The smallest absolute Gasteiger partial charge is 0.241 e. The molecule has 3 aliphatic rings. The van der Waals surface area contributed by atoms with Crippen molar-refractivity contribution in [2.75, 3.05) is 7.11 Å². The lowest BCUT2D eigenvalue weighted by Crippen LogP contribution is -2.36. The summed E-state index contributed by atoms with van der Waals surface area (Å²) >= 11 is 6.46. The number of carbonyl (C=O) groups is 1. The molecule has 0 aromatic heterocycles. The first kappa shape index (κ1) is 18.0. The first-order valence-corrected chi connectivity index (χ1v) is 12.5. The Balaban J connectivity index is 2.02. The number of hydrogen-bond donors (Lipinski definition) is 0. The molecule has 0 fully saturated rings. The van der Waals surface area contributed by atoms with Crippen molar-refractivity contribution in [3.8, 4) is 0 Å². The minimum Gasteiger partial charge on any atom is -0.547 e. The van der Waals surface area contributed by atoms with Gasteiger partial charge in [0.25, 0.3) is 0 Å². The van der Waals surface area contributed by atoms with Crippen LogP contribution in [-0.4, -0.2) is 27.3 Å². The SMILES string of the molecule is CO[C@@H]1C=C(O[Si](C)(C)C)C[C@@H]2C=C[C@H](C)[C@H]3CC(=O)C(Cl)=C3[C@@H]21. The Morgan fingerprint density at radius 3 is 2.54 bits per heavy atom. The third-order valence-corrected chi connectivity index (χ3v) is 6.57. The fraction of sp³-hybridized carbons (Fsp3) is 0.632. The van der Waals surface area contributed by atoms with Crippen LogP contribution >= 0.6 is 11.6 Å². The summed E-state index contributed by atoms with van der Waals surface area (Å²) in [4.78, 5) is 12.2. The zero-order valence-electron chi connectivity index (χ0n) is 15.1. The van der Waals surface area contributed by atoms with E-state index in [2.05, 4.69) is 44.8 Å². The first-order chi connectivity index (χ1) is 11.2. The lowest BCUT2D eigenvalue weighted by molar-refractivity contribution is -0.114. The number of rotatable bonds is 3. The van der Waals surface area contributed by atoms with Gasteiger partial charge < -0.3 is 9.16 Å². The van der Waals surface area contributed by atoms with Gasteiger partial charge in [-0.1, -0.05) is 30.7 Å². The highest BCUT2D eigenvalue weighted by molar-refractivity contribution is 6.70. The third-order valence-electron chi connectivity index (χ3n) is 5.27. The van der Waals surface area contributed by atoms with Crippen LogP contribution in [0, 0.1) is 23.7 Å². The van der Waals surface area contributed by atoms with Crippen LogP contribution in [0.1, 0.15) is 19.8 Å². The van der Waals surface area contributed by atoms with Crippen LogP contribution in [0.5, 0.6) is 0 Å². The largest absolute Gasteiger partial charge is 0.547 e. The van der Waals surface area contributed by atoms with E-state index in [4.69, 9.17) is 20.8 Å². The van der Waals surface area contributed by atoms with Gasteiger partial charge in [0.2, 0.25) is 8.32 Å². The Labute approximate surface area is 150 Å². The van der Waals surface area contributed by atoms with Crippen molar-refractivity contribution in [3.05, 3.63) is 34.6 Å². The summed E-state index contributed by atoms with van der Waals surface area (Å²) in [5.41, 5.74) is 1.11. The topological polar surface area (TPSA) is 35.5 Å². The highest BCUT2D eigenvalue weighted by atomic mass is 35.5. The van der Waals surface area contributed by atoms with Crippen LogP contribution < -0.4 is 0 Å². The standard InChI is InChI=1S/C19H27ClO3Si/c1-11-6-7-12-8-13(23-24(3,4)5)9-16(22-2)17(12)18-14(11)10-15(21)19(18)20/h6-7,9,11-12,14,16-17H,8,10H2,1-5H3/t11-,12-,14+,16+,17-/m0/s1. The molecule has 3 aliphatic carbocycles. The van der Waals surface area contributed by atoms with E-state index < -0.39 is 8.32 Å². The van der Waals surface area contributed by atoms with Crippen molar-refractivity contribution in [2.24, 2.45) is 23.7 Å². The van der Waals surface area contributed by atoms with Gasteiger partial charge in [0.05, 0.1) is 16.9 Å². The van der Waals surface area contributed by atoms with Crippen LogP contribution in [-0.2, 0) is 14.0 Å². The molecule has 5 atom stereocenters. The summed E-state index contributed by atoms with van der Waals surface area (Å²) in [5.74, 6) is 2.05. The molecular formula is C19H27ClO3Si. The Morgan fingerprint density at radius 1 is 1.21 bits per heavy atom. The average molecular weight is 367 g/mol. The minimum absolute atomic E-state index is 0.0838. The Hall–Kier alpha value is -0.843. The lowest BCUT2D eigenvalue weighted by atomic mass is 9.73. The van der Waals surface area contributed by atoms with Crippen LogP contribution in [0.25, 0.3) is 0 Å². The number of fused-ring (bicyclic) bond motifs is 3. The van der Waals surface area contributed by atoms with Gasteiger partial charge in [-0.05, 0) is 49.0 Å². The number of carbonyl (C=O) groups excluding carboxylic acids is 1. The van der Waals surface area contributed by atoms with Crippen molar-refractivity contribution in [2.45, 2.75) is 45.5 Å². The molecular weight excluding hydrogens is 340 g/mol. The van der Waals surface area contributed by atoms with Gasteiger partial charge in [-0.25, -0.2) is 0 Å². The summed E-state index contributed by atoms with van der Waals surface area (Å²) < 4.78 is 12.1. The molecule has 0 spiro atoms. The second-order valence-electron chi connectivity index (χ2n) is 8.19. The molecule has 0 saturated heterocycles. The molecule has 0 aromatic rings. The van der Waals surface area contributed by atoms with E-state index in [1.807, 2.05) is 0 Å². The van der Waals surface area contributed by atoms with Crippen LogP contribution in [0.2, 0.25) is 19.6 Å². The summed E-state index contributed by atoms with van der Waals surface area (Å²) in [6, 6.07) is 0. The zero-order chi connectivity index (χ0) is 17.6. The van der Waals surface area contributed by atoms with Crippen LogP contribution in [0.4, 0.5) is 0 Å². The summed E-state index contributed by atoms with van der Waals surface area (Å²) in [7, 11) is 0.0694. The average Bonchev–Trinajstić information content (AvgIpc) is 2.70. The maximum Gasteiger partial charge on any atom is 0.241 e. The predicted octanol–water partition coefficient (Wildman–Crippen LogP) is 4.66. The summed E-state index contributed by atoms with van der Waals surface area (Å²) in [6.07, 6.45) is 7.94. The Kier molecular flexibility index (Phi) is 4.84. The van der Waals surface area contributed by atoms with E-state index in [-0.39, 0.29) is 29.6 Å². The maximum atomic E-state index is 12.2. The fourth-order valence-electron chi connectivity index (χ4n) is 4.27.